The minimum Gasteiger partial charge on any atom is -0.399 e. The molecule has 2 aromatic rings. The largest absolute Gasteiger partial charge is 0.399 e. The summed E-state index contributed by atoms with van der Waals surface area (Å²) in [5, 5.41) is 3.75. The number of nitrogen functional groups attached to an aromatic ring is 1. The van der Waals surface area contributed by atoms with E-state index in [0.717, 1.165) is 3.57 Å². The molecule has 1 amide bonds. The number of carbonyl (C=O) groups is 1. The van der Waals surface area contributed by atoms with E-state index in [1.54, 1.807) is 36.4 Å². The van der Waals surface area contributed by atoms with E-state index in [9.17, 15) is 4.79 Å². The number of nitrogens with two attached hydrogens (primary N) is 1. The average molecular weight is 407 g/mol. The van der Waals surface area contributed by atoms with Gasteiger partial charge in [-0.05, 0) is 59.0 Å². The zero-order valence-corrected chi connectivity index (χ0v) is 13.3. The molecule has 3 nitrogen and oxygen atoms in total. The predicted octanol–water partition coefficient (Wildman–Crippen LogP) is 4.43. The zero-order chi connectivity index (χ0) is 14.0. The van der Waals surface area contributed by atoms with E-state index in [1.807, 2.05) is 0 Å². The van der Waals surface area contributed by atoms with E-state index in [0.29, 0.717) is 27.0 Å². The molecule has 0 heterocycles. The molecule has 0 aromatic heterocycles. The van der Waals surface area contributed by atoms with Crippen molar-refractivity contribution in [2.75, 3.05) is 11.1 Å². The van der Waals surface area contributed by atoms with Gasteiger partial charge in [0.15, 0.2) is 0 Å². The maximum absolute atomic E-state index is 12.1. The fourth-order valence-corrected chi connectivity index (χ4v) is 2.71. The Balaban J connectivity index is 2.28. The molecule has 0 fully saturated rings. The van der Waals surface area contributed by atoms with Gasteiger partial charge in [0.05, 0.1) is 16.3 Å². The first-order chi connectivity index (χ1) is 8.97. The SMILES string of the molecule is Nc1ccc(Cl)c(C(=O)Nc2ccc(Cl)cc2I)c1. The van der Waals surface area contributed by atoms with Crippen LogP contribution in [0.25, 0.3) is 0 Å². The Kier molecular flexibility index (Phi) is 4.54. The number of halogens is 3. The molecule has 3 N–H and O–H groups in total. The Morgan fingerprint density at radius 2 is 1.89 bits per heavy atom. The van der Waals surface area contributed by atoms with Gasteiger partial charge in [-0.3, -0.25) is 4.79 Å². The third-order valence-electron chi connectivity index (χ3n) is 2.41. The number of carbonyl (C=O) groups excluding carboxylic acids is 1. The molecular formula is C13H9Cl2IN2O. The highest BCUT2D eigenvalue weighted by Crippen LogP contribution is 2.24. The first-order valence-electron chi connectivity index (χ1n) is 5.29. The lowest BCUT2D eigenvalue weighted by Gasteiger charge is -2.09. The van der Waals surface area contributed by atoms with E-state index in [-0.39, 0.29) is 5.91 Å². The van der Waals surface area contributed by atoms with Gasteiger partial charge in [-0.1, -0.05) is 23.2 Å². The van der Waals surface area contributed by atoms with Crippen LogP contribution in [-0.4, -0.2) is 5.91 Å². The standard InChI is InChI=1S/C13H9Cl2IN2O/c14-7-1-4-12(11(16)5-7)18-13(19)9-6-8(17)2-3-10(9)15/h1-6H,17H2,(H,18,19). The lowest BCUT2D eigenvalue weighted by Crippen LogP contribution is -2.13. The monoisotopic (exact) mass is 406 g/mol. The Morgan fingerprint density at radius 1 is 1.16 bits per heavy atom. The van der Waals surface area contributed by atoms with Gasteiger partial charge >= 0.3 is 0 Å². The molecule has 0 bridgehead atoms. The van der Waals surface area contributed by atoms with Crippen molar-refractivity contribution in [1.82, 2.24) is 0 Å². The van der Waals surface area contributed by atoms with Gasteiger partial charge in [0.1, 0.15) is 0 Å². The molecule has 0 unspecified atom stereocenters. The van der Waals surface area contributed by atoms with Crippen LogP contribution < -0.4 is 11.1 Å². The third-order valence-corrected chi connectivity index (χ3v) is 3.87. The van der Waals surface area contributed by atoms with Crippen LogP contribution in [0.2, 0.25) is 10.0 Å². The summed E-state index contributed by atoms with van der Waals surface area (Å²) in [5.41, 5.74) is 7.15. The molecule has 2 rings (SSSR count). The van der Waals surface area contributed by atoms with Crippen molar-refractivity contribution in [3.05, 3.63) is 55.6 Å². The Hall–Kier alpha value is -0.980. The van der Waals surface area contributed by atoms with E-state index in [1.165, 1.54) is 0 Å². The van der Waals surface area contributed by atoms with Crippen molar-refractivity contribution in [1.29, 1.82) is 0 Å². The van der Waals surface area contributed by atoms with Crippen molar-refractivity contribution in [2.45, 2.75) is 0 Å². The molecule has 19 heavy (non-hydrogen) atoms. The summed E-state index contributed by atoms with van der Waals surface area (Å²) in [6.45, 7) is 0. The number of hydrogen-bond acceptors (Lipinski definition) is 2. The topological polar surface area (TPSA) is 55.1 Å². The number of nitrogens with one attached hydrogen (secondary N) is 1. The van der Waals surface area contributed by atoms with Gasteiger partial charge in [0.25, 0.3) is 5.91 Å². The predicted molar refractivity (Wildman–Crippen MR) is 88.0 cm³/mol. The minimum absolute atomic E-state index is 0.308. The first-order valence-corrected chi connectivity index (χ1v) is 7.12. The molecule has 0 atom stereocenters. The molecule has 0 aliphatic carbocycles. The maximum Gasteiger partial charge on any atom is 0.257 e. The number of benzene rings is 2. The average Bonchev–Trinajstić information content (AvgIpc) is 2.35. The number of amides is 1. The third kappa shape index (κ3) is 3.52. The van der Waals surface area contributed by atoms with E-state index < -0.39 is 0 Å². The quantitative estimate of drug-likeness (QED) is 0.572. The second kappa shape index (κ2) is 5.98. The highest BCUT2D eigenvalue weighted by molar-refractivity contribution is 14.1. The summed E-state index contributed by atoms with van der Waals surface area (Å²) >= 11 is 13.9. The van der Waals surface area contributed by atoms with Gasteiger partial charge in [0, 0.05) is 14.3 Å². The summed E-state index contributed by atoms with van der Waals surface area (Å²) < 4.78 is 0.846. The van der Waals surface area contributed by atoms with Gasteiger partial charge < -0.3 is 11.1 Å². The zero-order valence-electron chi connectivity index (χ0n) is 9.58. The molecule has 0 saturated heterocycles. The van der Waals surface area contributed by atoms with E-state index in [4.69, 9.17) is 28.9 Å². The normalized spacial score (nSPS) is 10.3. The van der Waals surface area contributed by atoms with Crippen LogP contribution in [-0.2, 0) is 0 Å². The lowest BCUT2D eigenvalue weighted by molar-refractivity contribution is 0.102. The smallest absolute Gasteiger partial charge is 0.257 e. The highest BCUT2D eigenvalue weighted by Gasteiger charge is 2.12. The molecule has 0 radical (unpaired) electrons. The van der Waals surface area contributed by atoms with E-state index in [2.05, 4.69) is 27.9 Å². The maximum atomic E-state index is 12.1. The number of hydrogen-bond donors (Lipinski definition) is 2. The van der Waals surface area contributed by atoms with Gasteiger partial charge in [-0.2, -0.15) is 0 Å². The van der Waals surface area contributed by atoms with Crippen LogP contribution in [0.4, 0.5) is 11.4 Å². The second-order valence-electron chi connectivity index (χ2n) is 3.82. The molecule has 0 aliphatic rings. The number of anilines is 2. The van der Waals surface area contributed by atoms with Crippen LogP contribution >= 0.6 is 45.8 Å². The summed E-state index contributed by atoms with van der Waals surface area (Å²) in [6, 6.07) is 9.99. The lowest BCUT2D eigenvalue weighted by atomic mass is 10.2. The minimum atomic E-state index is -0.308. The molecule has 6 heteroatoms. The van der Waals surface area contributed by atoms with Crippen molar-refractivity contribution in [3.63, 3.8) is 0 Å². The Bertz CT molecular complexity index is 647. The Labute approximate surface area is 134 Å². The van der Waals surface area contributed by atoms with Gasteiger partial charge in [-0.25, -0.2) is 0 Å². The molecule has 2 aromatic carbocycles. The molecule has 0 saturated carbocycles. The molecule has 98 valence electrons. The molecular weight excluding hydrogens is 398 g/mol. The second-order valence-corrected chi connectivity index (χ2v) is 5.82. The molecule has 0 spiro atoms. The fraction of sp³-hybridized carbons (Fsp3) is 0. The molecule has 0 aliphatic heterocycles. The van der Waals surface area contributed by atoms with Gasteiger partial charge in [0.2, 0.25) is 0 Å². The summed E-state index contributed by atoms with van der Waals surface area (Å²) in [4.78, 5) is 12.1. The van der Waals surface area contributed by atoms with Crippen molar-refractivity contribution < 1.29 is 4.79 Å². The number of rotatable bonds is 2. The van der Waals surface area contributed by atoms with Crippen LogP contribution in [0.15, 0.2) is 36.4 Å². The van der Waals surface area contributed by atoms with Crippen molar-refractivity contribution in [2.24, 2.45) is 0 Å². The van der Waals surface area contributed by atoms with E-state index >= 15 is 0 Å². The Morgan fingerprint density at radius 3 is 2.58 bits per heavy atom. The highest BCUT2D eigenvalue weighted by atomic mass is 127. The summed E-state index contributed by atoms with van der Waals surface area (Å²) in [7, 11) is 0. The van der Waals surface area contributed by atoms with Crippen molar-refractivity contribution >= 4 is 63.1 Å². The van der Waals surface area contributed by atoms with Crippen molar-refractivity contribution in [3.8, 4) is 0 Å². The van der Waals surface area contributed by atoms with Crippen LogP contribution in [0.5, 0.6) is 0 Å². The first kappa shape index (κ1) is 14.4. The fourth-order valence-electron chi connectivity index (χ4n) is 1.50. The summed E-state index contributed by atoms with van der Waals surface area (Å²) in [6.07, 6.45) is 0. The van der Waals surface area contributed by atoms with Crippen LogP contribution in [0.1, 0.15) is 10.4 Å². The van der Waals surface area contributed by atoms with Crippen LogP contribution in [0.3, 0.4) is 0 Å². The van der Waals surface area contributed by atoms with Gasteiger partial charge in [-0.15, -0.1) is 0 Å². The van der Waals surface area contributed by atoms with Crippen LogP contribution in [0, 0.1) is 3.57 Å². The summed E-state index contributed by atoms with van der Waals surface area (Å²) in [5.74, 6) is -0.308.